The Morgan fingerprint density at radius 2 is 1.81 bits per heavy atom. The number of hydrogen-bond donors (Lipinski definition) is 1. The van der Waals surface area contributed by atoms with Crippen molar-refractivity contribution in [2.45, 2.75) is 33.6 Å². The number of aryl methyl sites for hydroxylation is 3. The Bertz CT molecular complexity index is 1360. The Morgan fingerprint density at radius 1 is 1.03 bits per heavy atom. The Kier molecular flexibility index (Phi) is 7.73. The van der Waals surface area contributed by atoms with Gasteiger partial charge >= 0.3 is 0 Å². The van der Waals surface area contributed by atoms with Crippen LogP contribution < -0.4 is 19.5 Å². The summed E-state index contributed by atoms with van der Waals surface area (Å²) in [5, 5.41) is 8.58. The van der Waals surface area contributed by atoms with Crippen LogP contribution in [0, 0.1) is 13.8 Å². The smallest absolute Gasteiger partial charge is 0.258 e. The normalized spacial score (nSPS) is 10.9. The number of ether oxygens (including phenoxy) is 3. The molecule has 0 saturated carbocycles. The summed E-state index contributed by atoms with van der Waals surface area (Å²) in [5.74, 6) is 1.62. The lowest BCUT2D eigenvalue weighted by atomic mass is 10.1. The van der Waals surface area contributed by atoms with Crippen molar-refractivity contribution in [2.75, 3.05) is 27.4 Å². The number of nitrogens with zero attached hydrogens (tertiary/aromatic N) is 3. The molecule has 1 N–H and O–H groups in total. The van der Waals surface area contributed by atoms with Gasteiger partial charge < -0.3 is 19.5 Å². The van der Waals surface area contributed by atoms with Gasteiger partial charge in [-0.15, -0.1) is 0 Å². The molecular formula is C28H32N4O4. The average molecular weight is 489 g/mol. The molecule has 0 unspecified atom stereocenters. The Hall–Kier alpha value is -4.07. The van der Waals surface area contributed by atoms with Gasteiger partial charge in [0.15, 0.2) is 12.3 Å². The van der Waals surface area contributed by atoms with Crippen molar-refractivity contribution in [1.82, 2.24) is 20.1 Å². The fourth-order valence-corrected chi connectivity index (χ4v) is 4.19. The van der Waals surface area contributed by atoms with Gasteiger partial charge in [0, 0.05) is 24.1 Å². The van der Waals surface area contributed by atoms with Gasteiger partial charge in [0.2, 0.25) is 5.88 Å². The van der Waals surface area contributed by atoms with Crippen LogP contribution in [0.4, 0.5) is 0 Å². The molecule has 0 aliphatic rings. The lowest BCUT2D eigenvalue weighted by Gasteiger charge is -2.11. The Balaban J connectivity index is 1.42. The molecule has 0 bridgehead atoms. The highest BCUT2D eigenvalue weighted by Crippen LogP contribution is 2.27. The van der Waals surface area contributed by atoms with Crippen LogP contribution in [0.3, 0.4) is 0 Å². The number of carbonyl (C=O) groups is 1. The highest BCUT2D eigenvalue weighted by atomic mass is 16.5. The van der Waals surface area contributed by atoms with E-state index in [9.17, 15) is 4.79 Å². The van der Waals surface area contributed by atoms with Crippen LogP contribution >= 0.6 is 0 Å². The van der Waals surface area contributed by atoms with E-state index in [0.29, 0.717) is 24.5 Å². The predicted octanol–water partition coefficient (Wildman–Crippen LogP) is 4.35. The summed E-state index contributed by atoms with van der Waals surface area (Å²) in [4.78, 5) is 17.1. The molecule has 4 rings (SSSR count). The van der Waals surface area contributed by atoms with E-state index in [4.69, 9.17) is 19.3 Å². The quantitative estimate of drug-likeness (QED) is 0.357. The second-order valence-electron chi connectivity index (χ2n) is 8.56. The lowest BCUT2D eigenvalue weighted by molar-refractivity contribution is -0.123. The molecule has 2 heterocycles. The number of pyridine rings is 1. The largest absolute Gasteiger partial charge is 0.497 e. The molecule has 0 radical (unpaired) electrons. The second-order valence-corrected chi connectivity index (χ2v) is 8.56. The van der Waals surface area contributed by atoms with Gasteiger partial charge in [-0.2, -0.15) is 10.1 Å². The number of fused-ring (bicyclic) bond motifs is 1. The number of aromatic nitrogens is 3. The van der Waals surface area contributed by atoms with Crippen molar-refractivity contribution in [1.29, 1.82) is 0 Å². The van der Waals surface area contributed by atoms with Crippen LogP contribution in [0.15, 0.2) is 48.5 Å². The summed E-state index contributed by atoms with van der Waals surface area (Å²) >= 11 is 0. The number of amides is 1. The number of methoxy groups -OCH3 is 2. The topological polar surface area (TPSA) is 87.5 Å². The van der Waals surface area contributed by atoms with Gasteiger partial charge in [0.05, 0.1) is 25.6 Å². The molecule has 0 aliphatic carbocycles. The van der Waals surface area contributed by atoms with Crippen LogP contribution in [-0.4, -0.2) is 48.0 Å². The molecule has 0 spiro atoms. The number of nitrogens with one attached hydrogen (secondary N) is 1. The van der Waals surface area contributed by atoms with Crippen LogP contribution in [0.25, 0.3) is 16.7 Å². The van der Waals surface area contributed by atoms with E-state index >= 15 is 0 Å². The molecular weight excluding hydrogens is 456 g/mol. The van der Waals surface area contributed by atoms with E-state index in [1.165, 1.54) is 5.56 Å². The van der Waals surface area contributed by atoms with Crippen molar-refractivity contribution in [3.8, 4) is 23.1 Å². The first kappa shape index (κ1) is 25.0. The Morgan fingerprint density at radius 3 is 2.50 bits per heavy atom. The van der Waals surface area contributed by atoms with Crippen LogP contribution in [0.2, 0.25) is 0 Å². The summed E-state index contributed by atoms with van der Waals surface area (Å²) in [7, 11) is 3.23. The molecule has 1 amide bonds. The van der Waals surface area contributed by atoms with Gasteiger partial charge in [-0.1, -0.05) is 25.1 Å². The molecule has 8 heteroatoms. The number of rotatable bonds is 10. The van der Waals surface area contributed by atoms with Gasteiger partial charge in [0.1, 0.15) is 11.5 Å². The minimum absolute atomic E-state index is 0.129. The molecule has 2 aromatic heterocycles. The summed E-state index contributed by atoms with van der Waals surface area (Å²) in [6.45, 7) is 6.42. The van der Waals surface area contributed by atoms with Gasteiger partial charge in [0.25, 0.3) is 5.91 Å². The van der Waals surface area contributed by atoms with Crippen molar-refractivity contribution in [3.63, 3.8) is 0 Å². The van der Waals surface area contributed by atoms with Gasteiger partial charge in [-0.3, -0.25) is 4.79 Å². The third-order valence-electron chi connectivity index (χ3n) is 6.14. The standard InChI is InChI=1S/C28H32N4O4/c1-6-20-7-10-22(11-8-20)32-28-27(19(3)31-32)18(2)15-26(30-28)36-17-25(33)29-14-13-21-9-12-23(34-4)16-24(21)35-5/h7-12,15-16H,6,13-14,17H2,1-5H3,(H,29,33). The van der Waals surface area contributed by atoms with Crippen LogP contribution in [0.1, 0.15) is 29.3 Å². The first-order valence-electron chi connectivity index (χ1n) is 12.0. The van der Waals surface area contributed by atoms with Crippen molar-refractivity contribution in [2.24, 2.45) is 0 Å². The van der Waals surface area contributed by atoms with Gasteiger partial charge in [-0.05, 0) is 61.6 Å². The van der Waals surface area contributed by atoms with Crippen LogP contribution in [0.5, 0.6) is 17.4 Å². The molecule has 36 heavy (non-hydrogen) atoms. The first-order valence-corrected chi connectivity index (χ1v) is 12.0. The Labute approximate surface area is 211 Å². The fraction of sp³-hybridized carbons (Fsp3) is 0.321. The van der Waals surface area contributed by atoms with Gasteiger partial charge in [-0.25, -0.2) is 4.68 Å². The molecule has 0 atom stereocenters. The molecule has 8 nitrogen and oxygen atoms in total. The third-order valence-corrected chi connectivity index (χ3v) is 6.14. The molecule has 0 saturated heterocycles. The summed E-state index contributed by atoms with van der Waals surface area (Å²) in [5.41, 5.74) is 5.78. The van der Waals surface area contributed by atoms with Crippen molar-refractivity contribution < 1.29 is 19.0 Å². The summed E-state index contributed by atoms with van der Waals surface area (Å²) < 4.78 is 18.2. The third kappa shape index (κ3) is 5.43. The maximum Gasteiger partial charge on any atom is 0.258 e. The van der Waals surface area contributed by atoms with E-state index in [2.05, 4.69) is 29.4 Å². The SMILES string of the molecule is CCc1ccc(-n2nc(C)c3c(C)cc(OCC(=O)NCCc4ccc(OC)cc4OC)nc32)cc1. The highest BCUT2D eigenvalue weighted by molar-refractivity contribution is 5.84. The molecule has 0 fully saturated rings. The summed E-state index contributed by atoms with van der Waals surface area (Å²) in [6, 6.07) is 15.8. The van der Waals surface area contributed by atoms with Crippen molar-refractivity contribution in [3.05, 3.63) is 70.9 Å². The average Bonchev–Trinajstić information content (AvgIpc) is 3.24. The predicted molar refractivity (Wildman–Crippen MR) is 139 cm³/mol. The fourth-order valence-electron chi connectivity index (χ4n) is 4.19. The zero-order valence-corrected chi connectivity index (χ0v) is 21.4. The molecule has 4 aromatic rings. The highest BCUT2D eigenvalue weighted by Gasteiger charge is 2.16. The molecule has 2 aromatic carbocycles. The van der Waals surface area contributed by atoms with Crippen molar-refractivity contribution >= 4 is 16.9 Å². The minimum Gasteiger partial charge on any atom is -0.497 e. The lowest BCUT2D eigenvalue weighted by Crippen LogP contribution is -2.30. The van der Waals surface area contributed by atoms with E-state index in [0.717, 1.165) is 45.8 Å². The second kappa shape index (κ2) is 11.1. The molecule has 0 aliphatic heterocycles. The minimum atomic E-state index is -0.220. The molecule has 188 valence electrons. The summed E-state index contributed by atoms with van der Waals surface area (Å²) in [6.07, 6.45) is 1.60. The zero-order chi connectivity index (χ0) is 25.7. The number of carbonyl (C=O) groups excluding carboxylic acids is 1. The van der Waals surface area contributed by atoms with E-state index in [1.807, 2.05) is 54.9 Å². The van der Waals surface area contributed by atoms with E-state index in [-0.39, 0.29) is 12.5 Å². The zero-order valence-electron chi connectivity index (χ0n) is 21.4. The monoisotopic (exact) mass is 488 g/mol. The first-order chi connectivity index (χ1) is 17.4. The van der Waals surface area contributed by atoms with E-state index < -0.39 is 0 Å². The van der Waals surface area contributed by atoms with E-state index in [1.54, 1.807) is 14.2 Å². The maximum atomic E-state index is 12.4. The number of benzene rings is 2. The number of hydrogen-bond acceptors (Lipinski definition) is 6. The maximum absolute atomic E-state index is 12.4. The van der Waals surface area contributed by atoms with Crippen LogP contribution in [-0.2, 0) is 17.6 Å².